The number of nitrogens with two attached hydrogens (primary N) is 1. The van der Waals surface area contributed by atoms with Crippen LogP contribution in [0.2, 0.25) is 0 Å². The Morgan fingerprint density at radius 2 is 2.06 bits per heavy atom. The zero-order chi connectivity index (χ0) is 13.1. The van der Waals surface area contributed by atoms with Gasteiger partial charge in [0.1, 0.15) is 5.82 Å². The van der Waals surface area contributed by atoms with E-state index >= 15 is 0 Å². The fourth-order valence-electron chi connectivity index (χ4n) is 3.11. The van der Waals surface area contributed by atoms with Gasteiger partial charge in [-0.3, -0.25) is 0 Å². The summed E-state index contributed by atoms with van der Waals surface area (Å²) in [6.07, 6.45) is 5.13. The molecule has 0 saturated heterocycles. The monoisotopic (exact) mass is 250 g/mol. The van der Waals surface area contributed by atoms with Crippen molar-refractivity contribution in [3.63, 3.8) is 0 Å². The summed E-state index contributed by atoms with van der Waals surface area (Å²) >= 11 is 0. The number of benzene rings is 1. The van der Waals surface area contributed by atoms with Gasteiger partial charge >= 0.3 is 0 Å². The van der Waals surface area contributed by atoms with Crippen LogP contribution in [0.5, 0.6) is 0 Å². The van der Waals surface area contributed by atoms with Crippen LogP contribution in [0.1, 0.15) is 38.2 Å². The Balaban J connectivity index is 2.24. The molecule has 0 aliphatic heterocycles. The third-order valence-electron chi connectivity index (χ3n) is 4.21. The van der Waals surface area contributed by atoms with Gasteiger partial charge in [-0.15, -0.1) is 0 Å². The third-order valence-corrected chi connectivity index (χ3v) is 4.21. The molecule has 0 aromatic heterocycles. The van der Waals surface area contributed by atoms with E-state index in [2.05, 4.69) is 18.9 Å². The summed E-state index contributed by atoms with van der Waals surface area (Å²) < 4.78 is 13.2. The van der Waals surface area contributed by atoms with Crippen LogP contribution in [-0.2, 0) is 6.54 Å². The van der Waals surface area contributed by atoms with E-state index < -0.39 is 0 Å². The average Bonchev–Trinajstić information content (AvgIpc) is 2.38. The standard InChI is InChI=1S/C15H23FN2/c1-11-5-3-4-6-14(11)18(2)15-8-7-13(16)9-12(15)10-17/h7-9,11,14H,3-6,10,17H2,1-2H3. The molecule has 1 aromatic rings. The molecule has 1 aromatic carbocycles. The van der Waals surface area contributed by atoms with Crippen molar-refractivity contribution in [3.05, 3.63) is 29.6 Å². The molecule has 0 spiro atoms. The first-order valence-electron chi connectivity index (χ1n) is 6.85. The summed E-state index contributed by atoms with van der Waals surface area (Å²) in [6, 6.07) is 5.49. The summed E-state index contributed by atoms with van der Waals surface area (Å²) in [5.41, 5.74) is 7.71. The van der Waals surface area contributed by atoms with Gasteiger partial charge in [-0.1, -0.05) is 19.8 Å². The van der Waals surface area contributed by atoms with Gasteiger partial charge in [-0.05, 0) is 42.5 Å². The van der Waals surface area contributed by atoms with E-state index in [1.54, 1.807) is 6.07 Å². The Morgan fingerprint density at radius 3 is 2.72 bits per heavy atom. The SMILES string of the molecule is CC1CCCCC1N(C)c1ccc(F)cc1CN. The number of hydrogen-bond donors (Lipinski definition) is 1. The van der Waals surface area contributed by atoms with E-state index in [0.717, 1.165) is 11.3 Å². The number of halogens is 1. The number of nitrogens with zero attached hydrogens (tertiary/aromatic N) is 1. The predicted octanol–water partition coefficient (Wildman–Crippen LogP) is 3.30. The molecule has 2 atom stereocenters. The van der Waals surface area contributed by atoms with E-state index in [4.69, 9.17) is 5.73 Å². The van der Waals surface area contributed by atoms with Crippen molar-refractivity contribution in [1.29, 1.82) is 0 Å². The highest BCUT2D eigenvalue weighted by Gasteiger charge is 2.26. The maximum Gasteiger partial charge on any atom is 0.123 e. The van der Waals surface area contributed by atoms with E-state index in [1.807, 2.05) is 6.07 Å². The zero-order valence-corrected chi connectivity index (χ0v) is 11.3. The lowest BCUT2D eigenvalue weighted by molar-refractivity contribution is 0.321. The van der Waals surface area contributed by atoms with Crippen molar-refractivity contribution in [1.82, 2.24) is 0 Å². The van der Waals surface area contributed by atoms with Gasteiger partial charge in [0.2, 0.25) is 0 Å². The minimum Gasteiger partial charge on any atom is -0.371 e. The van der Waals surface area contributed by atoms with Gasteiger partial charge in [0, 0.05) is 25.3 Å². The molecule has 2 N–H and O–H groups in total. The number of rotatable bonds is 3. The van der Waals surface area contributed by atoms with Crippen LogP contribution in [0, 0.1) is 11.7 Å². The zero-order valence-electron chi connectivity index (χ0n) is 11.3. The molecule has 18 heavy (non-hydrogen) atoms. The van der Waals surface area contributed by atoms with Crippen LogP contribution in [0.4, 0.5) is 10.1 Å². The molecule has 2 unspecified atom stereocenters. The minimum absolute atomic E-state index is 0.204. The Bertz CT molecular complexity index is 405. The van der Waals surface area contributed by atoms with Crippen LogP contribution in [0.25, 0.3) is 0 Å². The molecule has 3 heteroatoms. The second-order valence-electron chi connectivity index (χ2n) is 5.42. The average molecular weight is 250 g/mol. The summed E-state index contributed by atoms with van der Waals surface area (Å²) in [5.74, 6) is 0.490. The molecule has 1 aliphatic rings. The first kappa shape index (κ1) is 13.3. The van der Waals surface area contributed by atoms with E-state index in [-0.39, 0.29) is 5.82 Å². The summed E-state index contributed by atoms with van der Waals surface area (Å²) in [5, 5.41) is 0. The number of hydrogen-bond acceptors (Lipinski definition) is 2. The van der Waals surface area contributed by atoms with Crippen LogP contribution in [0.3, 0.4) is 0 Å². The molecule has 0 radical (unpaired) electrons. The van der Waals surface area contributed by atoms with Crippen LogP contribution >= 0.6 is 0 Å². The largest absolute Gasteiger partial charge is 0.371 e. The highest BCUT2D eigenvalue weighted by atomic mass is 19.1. The van der Waals surface area contributed by atoms with Crippen LogP contribution in [-0.4, -0.2) is 13.1 Å². The smallest absolute Gasteiger partial charge is 0.123 e. The molecule has 2 rings (SSSR count). The highest BCUT2D eigenvalue weighted by Crippen LogP contribution is 2.32. The van der Waals surface area contributed by atoms with Crippen molar-refractivity contribution >= 4 is 5.69 Å². The molecule has 2 nitrogen and oxygen atoms in total. The summed E-state index contributed by atoms with van der Waals surface area (Å²) in [7, 11) is 2.11. The van der Waals surface area contributed by atoms with Crippen molar-refractivity contribution < 1.29 is 4.39 Å². The Kier molecular flexibility index (Phi) is 4.23. The van der Waals surface area contributed by atoms with E-state index in [9.17, 15) is 4.39 Å². The Morgan fingerprint density at radius 1 is 1.33 bits per heavy atom. The topological polar surface area (TPSA) is 29.3 Å². The van der Waals surface area contributed by atoms with Gasteiger partial charge in [0.15, 0.2) is 0 Å². The first-order chi connectivity index (χ1) is 8.63. The van der Waals surface area contributed by atoms with Gasteiger partial charge in [-0.2, -0.15) is 0 Å². The Labute approximate surface area is 109 Å². The first-order valence-corrected chi connectivity index (χ1v) is 6.85. The van der Waals surface area contributed by atoms with E-state index in [0.29, 0.717) is 18.5 Å². The fourth-order valence-corrected chi connectivity index (χ4v) is 3.11. The predicted molar refractivity (Wildman–Crippen MR) is 74.1 cm³/mol. The molecule has 0 amide bonds. The van der Waals surface area contributed by atoms with Gasteiger partial charge in [0.25, 0.3) is 0 Å². The highest BCUT2D eigenvalue weighted by molar-refractivity contribution is 5.54. The normalized spacial score (nSPS) is 24.0. The summed E-state index contributed by atoms with van der Waals surface area (Å²) in [4.78, 5) is 2.30. The molecular weight excluding hydrogens is 227 g/mol. The molecule has 1 aliphatic carbocycles. The fraction of sp³-hybridized carbons (Fsp3) is 0.600. The summed E-state index contributed by atoms with van der Waals surface area (Å²) in [6.45, 7) is 2.70. The lowest BCUT2D eigenvalue weighted by Crippen LogP contribution is -2.39. The maximum atomic E-state index is 13.2. The lowest BCUT2D eigenvalue weighted by atomic mass is 9.84. The second kappa shape index (κ2) is 5.70. The number of anilines is 1. The molecule has 0 heterocycles. The van der Waals surface area contributed by atoms with Gasteiger partial charge in [0.05, 0.1) is 0 Å². The molecular formula is C15H23FN2. The third kappa shape index (κ3) is 2.66. The van der Waals surface area contributed by atoms with E-state index in [1.165, 1.54) is 31.7 Å². The second-order valence-corrected chi connectivity index (χ2v) is 5.42. The Hall–Kier alpha value is -1.09. The van der Waals surface area contributed by atoms with Gasteiger partial charge in [-0.25, -0.2) is 4.39 Å². The van der Waals surface area contributed by atoms with Crippen LogP contribution < -0.4 is 10.6 Å². The van der Waals surface area contributed by atoms with Crippen molar-refractivity contribution in [2.45, 2.75) is 45.2 Å². The van der Waals surface area contributed by atoms with Crippen molar-refractivity contribution in [3.8, 4) is 0 Å². The minimum atomic E-state index is -0.204. The van der Waals surface area contributed by atoms with Gasteiger partial charge < -0.3 is 10.6 Å². The quantitative estimate of drug-likeness (QED) is 0.892. The molecule has 0 bridgehead atoms. The molecule has 100 valence electrons. The van der Waals surface area contributed by atoms with Crippen LogP contribution in [0.15, 0.2) is 18.2 Å². The lowest BCUT2D eigenvalue weighted by Gasteiger charge is -2.38. The molecule has 1 fully saturated rings. The molecule has 1 saturated carbocycles. The maximum absolute atomic E-state index is 13.2. The van der Waals surface area contributed by atoms with Crippen molar-refractivity contribution in [2.75, 3.05) is 11.9 Å². The van der Waals surface area contributed by atoms with Crippen molar-refractivity contribution in [2.24, 2.45) is 11.7 Å².